The lowest BCUT2D eigenvalue weighted by atomic mass is 9.99. The quantitative estimate of drug-likeness (QED) is 0.0658. The summed E-state index contributed by atoms with van der Waals surface area (Å²) < 4.78 is 28.0. The first-order chi connectivity index (χ1) is 20.5. The summed E-state index contributed by atoms with van der Waals surface area (Å²) >= 11 is 0. The zero-order valence-electron chi connectivity index (χ0n) is 23.6. The first kappa shape index (κ1) is 29.7. The molecule has 0 saturated heterocycles. The zero-order valence-corrected chi connectivity index (χ0v) is 23.6. The lowest BCUT2D eigenvalue weighted by molar-refractivity contribution is 0.0852. The Morgan fingerprint density at radius 3 is 1.95 bits per heavy atom. The fourth-order valence-corrected chi connectivity index (χ4v) is 4.24. The molecule has 42 heavy (non-hydrogen) atoms. The highest BCUT2D eigenvalue weighted by molar-refractivity contribution is 6.02. The molecule has 0 N–H and O–H groups in total. The second-order valence-corrected chi connectivity index (χ2v) is 8.68. The Bertz CT molecular complexity index is 1600. The van der Waals surface area contributed by atoms with E-state index < -0.39 is 18.4 Å². The molecule has 0 aliphatic heterocycles. The summed E-state index contributed by atoms with van der Waals surface area (Å²) in [6.45, 7) is 5.20. The van der Waals surface area contributed by atoms with Crippen molar-refractivity contribution in [3.8, 4) is 5.88 Å². The van der Waals surface area contributed by atoms with Gasteiger partial charge in [0, 0.05) is 16.5 Å². The summed E-state index contributed by atoms with van der Waals surface area (Å²) in [4.78, 5) is 38.5. The highest BCUT2D eigenvalue weighted by Crippen LogP contribution is 2.37. The first-order valence-electron chi connectivity index (χ1n) is 13.5. The van der Waals surface area contributed by atoms with Gasteiger partial charge in [-0.15, -0.1) is 0 Å². The van der Waals surface area contributed by atoms with Crippen LogP contribution in [0.2, 0.25) is 0 Å². The van der Waals surface area contributed by atoms with Crippen molar-refractivity contribution in [2.24, 2.45) is 0 Å². The number of benzene rings is 3. The van der Waals surface area contributed by atoms with Gasteiger partial charge in [-0.3, -0.25) is 0 Å². The predicted octanol–water partition coefficient (Wildman–Crippen LogP) is 7.94. The molecular formula is C33H31NO8. The van der Waals surface area contributed by atoms with E-state index in [0.29, 0.717) is 16.5 Å². The van der Waals surface area contributed by atoms with Gasteiger partial charge < -0.3 is 23.7 Å². The van der Waals surface area contributed by atoms with Crippen LogP contribution in [0, 0.1) is 0 Å². The fourth-order valence-electron chi connectivity index (χ4n) is 4.24. The van der Waals surface area contributed by atoms with Gasteiger partial charge in [-0.2, -0.15) is 0 Å². The van der Waals surface area contributed by atoms with E-state index >= 15 is 0 Å². The van der Waals surface area contributed by atoms with Gasteiger partial charge in [0.15, 0.2) is 0 Å². The first-order valence-corrected chi connectivity index (χ1v) is 13.5. The maximum absolute atomic E-state index is 13.1. The molecule has 0 atom stereocenters. The van der Waals surface area contributed by atoms with Crippen LogP contribution in [0.15, 0.2) is 90.7 Å². The second kappa shape index (κ2) is 14.4. The summed E-state index contributed by atoms with van der Waals surface area (Å²) in [5.74, 6) is -0.0749. The smallest absolute Gasteiger partial charge is 0.449 e. The largest absolute Gasteiger partial charge is 0.515 e. The Labute approximate surface area is 243 Å². The Hall–Kier alpha value is -5.31. The number of para-hydroxylation sites is 1. The average molecular weight is 570 g/mol. The Balaban J connectivity index is 2.04. The van der Waals surface area contributed by atoms with Crippen LogP contribution in [0.1, 0.15) is 37.5 Å². The molecule has 4 aromatic rings. The summed E-state index contributed by atoms with van der Waals surface area (Å²) in [6, 6.07) is 25.8. The van der Waals surface area contributed by atoms with Crippen LogP contribution in [0.4, 0.5) is 14.4 Å². The molecule has 0 unspecified atom stereocenters. The van der Waals surface area contributed by atoms with Crippen molar-refractivity contribution in [1.82, 2.24) is 4.57 Å². The normalized spacial score (nSPS) is 11.6. The summed E-state index contributed by atoms with van der Waals surface area (Å²) in [5, 5.41) is 0.530. The molecule has 1 aromatic heterocycles. The van der Waals surface area contributed by atoms with Crippen molar-refractivity contribution in [1.29, 1.82) is 0 Å². The third-order valence-corrected chi connectivity index (χ3v) is 5.95. The van der Waals surface area contributed by atoms with Crippen LogP contribution in [0.25, 0.3) is 28.6 Å². The van der Waals surface area contributed by atoms with Crippen LogP contribution in [-0.2, 0) is 18.9 Å². The number of hydrogen-bond donors (Lipinski definition) is 0. The summed E-state index contributed by atoms with van der Waals surface area (Å²) in [7, 11) is 0. The van der Waals surface area contributed by atoms with E-state index in [1.165, 1.54) is 6.08 Å². The number of nitrogens with zero attached hydrogens (tertiary/aromatic N) is 1. The van der Waals surface area contributed by atoms with Gasteiger partial charge in [-0.1, -0.05) is 78.9 Å². The molecule has 0 spiro atoms. The number of carbonyl (C=O) groups is 3. The van der Waals surface area contributed by atoms with Crippen molar-refractivity contribution < 1.29 is 38.1 Å². The predicted molar refractivity (Wildman–Crippen MR) is 159 cm³/mol. The molecule has 0 aliphatic carbocycles. The standard InChI is InChI=1S/C33H31NO8/c1-4-38-31(35)34-28-20-14-13-19-25(28)27(30(34)42-33(37)40-6-3)22-29(41-32(36)39-5-2)26(24-17-11-8-12-18-24)21-23-15-9-7-10-16-23/h7-22H,4-6H2,1-3H3/b26-21+,29-22-. The van der Waals surface area contributed by atoms with E-state index in [4.69, 9.17) is 23.7 Å². The lowest BCUT2D eigenvalue weighted by Gasteiger charge is -2.14. The van der Waals surface area contributed by atoms with Crippen LogP contribution in [0.3, 0.4) is 0 Å². The molecule has 0 amide bonds. The molecular weight excluding hydrogens is 538 g/mol. The maximum atomic E-state index is 13.1. The van der Waals surface area contributed by atoms with E-state index in [1.54, 1.807) is 45.0 Å². The van der Waals surface area contributed by atoms with Crippen LogP contribution >= 0.6 is 0 Å². The van der Waals surface area contributed by atoms with Gasteiger partial charge in [-0.05, 0) is 50.1 Å². The number of ether oxygens (including phenoxy) is 5. The van der Waals surface area contributed by atoms with Crippen LogP contribution in [0.5, 0.6) is 5.88 Å². The van der Waals surface area contributed by atoms with Gasteiger partial charge >= 0.3 is 18.4 Å². The van der Waals surface area contributed by atoms with E-state index in [1.807, 2.05) is 66.7 Å². The molecule has 0 radical (unpaired) electrons. The van der Waals surface area contributed by atoms with Crippen molar-refractivity contribution >= 4 is 47.0 Å². The molecule has 0 bridgehead atoms. The van der Waals surface area contributed by atoms with Gasteiger partial charge in [0.2, 0.25) is 5.88 Å². The number of aromatic nitrogens is 1. The zero-order chi connectivity index (χ0) is 29.9. The minimum atomic E-state index is -1.02. The summed E-state index contributed by atoms with van der Waals surface area (Å²) in [6.07, 6.45) is 0.683. The van der Waals surface area contributed by atoms with Crippen molar-refractivity contribution in [2.75, 3.05) is 19.8 Å². The van der Waals surface area contributed by atoms with E-state index in [9.17, 15) is 14.4 Å². The number of carbonyl (C=O) groups excluding carboxylic acids is 3. The van der Waals surface area contributed by atoms with Crippen molar-refractivity contribution in [2.45, 2.75) is 20.8 Å². The van der Waals surface area contributed by atoms with Gasteiger partial charge in [0.1, 0.15) is 5.76 Å². The van der Waals surface area contributed by atoms with E-state index in [0.717, 1.165) is 15.7 Å². The van der Waals surface area contributed by atoms with Crippen molar-refractivity contribution in [3.05, 3.63) is 107 Å². The maximum Gasteiger partial charge on any atom is 0.515 e. The fraction of sp³-hybridized carbons (Fsp3) is 0.182. The third-order valence-electron chi connectivity index (χ3n) is 5.95. The lowest BCUT2D eigenvalue weighted by Crippen LogP contribution is -2.19. The number of hydrogen-bond acceptors (Lipinski definition) is 8. The SMILES string of the molecule is CCOC(=O)OC(=C\c1c(OC(=O)OCC)n(C(=O)OCC)c2ccccc12)/C(=C/c1ccccc1)c1ccccc1. The molecule has 0 aliphatic rings. The second-order valence-electron chi connectivity index (χ2n) is 8.68. The minimum Gasteiger partial charge on any atom is -0.449 e. The highest BCUT2D eigenvalue weighted by Gasteiger charge is 2.27. The Kier molecular flexibility index (Phi) is 10.1. The molecule has 9 nitrogen and oxygen atoms in total. The van der Waals surface area contributed by atoms with Crippen LogP contribution < -0.4 is 4.74 Å². The number of fused-ring (bicyclic) bond motifs is 1. The topological polar surface area (TPSA) is 102 Å². The van der Waals surface area contributed by atoms with Crippen LogP contribution in [-0.4, -0.2) is 42.8 Å². The minimum absolute atomic E-state index is 0.0544. The molecule has 216 valence electrons. The molecule has 0 saturated carbocycles. The van der Waals surface area contributed by atoms with E-state index in [-0.39, 0.29) is 37.0 Å². The Morgan fingerprint density at radius 1 is 0.690 bits per heavy atom. The van der Waals surface area contributed by atoms with E-state index in [2.05, 4.69) is 0 Å². The molecule has 9 heteroatoms. The number of allylic oxidation sites excluding steroid dienone is 1. The average Bonchev–Trinajstić information content (AvgIpc) is 3.29. The monoisotopic (exact) mass is 569 g/mol. The molecule has 0 fully saturated rings. The van der Waals surface area contributed by atoms with Crippen molar-refractivity contribution in [3.63, 3.8) is 0 Å². The molecule has 3 aromatic carbocycles. The molecule has 1 heterocycles. The summed E-state index contributed by atoms with van der Waals surface area (Å²) in [5.41, 5.74) is 2.79. The van der Waals surface area contributed by atoms with Gasteiger partial charge in [0.25, 0.3) is 0 Å². The molecule has 4 rings (SSSR count). The van der Waals surface area contributed by atoms with Gasteiger partial charge in [0.05, 0.1) is 25.3 Å². The number of rotatable bonds is 9. The highest BCUT2D eigenvalue weighted by atomic mass is 16.7. The van der Waals surface area contributed by atoms with Gasteiger partial charge in [-0.25, -0.2) is 19.0 Å². The Morgan fingerprint density at radius 2 is 1.29 bits per heavy atom. The third kappa shape index (κ3) is 7.06.